The van der Waals surface area contributed by atoms with Crippen molar-refractivity contribution in [3.63, 3.8) is 0 Å². The minimum Gasteiger partial charge on any atom is -0.340 e. The number of rotatable bonds is 5. The van der Waals surface area contributed by atoms with Crippen LogP contribution in [0.2, 0.25) is 0 Å². The lowest BCUT2D eigenvalue weighted by molar-refractivity contribution is 0.218. The molecule has 1 atom stereocenters. The average Bonchev–Trinajstić information content (AvgIpc) is 3.00. The number of hydrogen-bond donors (Lipinski definition) is 0. The molecule has 0 N–H and O–H groups in total. The Morgan fingerprint density at radius 3 is 2.64 bits per heavy atom. The van der Waals surface area contributed by atoms with E-state index in [1.54, 1.807) is 0 Å². The first-order valence-electron chi connectivity index (χ1n) is 7.68. The second-order valence-corrected chi connectivity index (χ2v) is 7.22. The Kier molecular flexibility index (Phi) is 5.00. The van der Waals surface area contributed by atoms with Crippen molar-refractivity contribution in [1.82, 2.24) is 15.0 Å². The van der Waals surface area contributed by atoms with Crippen LogP contribution >= 0.6 is 0 Å². The molecule has 0 unspecified atom stereocenters. The molecule has 0 saturated carbocycles. The molecule has 0 bridgehead atoms. The summed E-state index contributed by atoms with van der Waals surface area (Å²) in [6, 6.07) is 9.68. The summed E-state index contributed by atoms with van der Waals surface area (Å²) in [6.45, 7) is 4.71. The number of likely N-dealkylation sites (tertiary alicyclic amines) is 1. The molecule has 1 saturated heterocycles. The molecule has 6 heteroatoms. The van der Waals surface area contributed by atoms with E-state index in [0.717, 1.165) is 43.2 Å². The molecule has 0 radical (unpaired) electrons. The van der Waals surface area contributed by atoms with Gasteiger partial charge in [0.05, 0.1) is 10.8 Å². The number of nitrogens with zero attached hydrogens (tertiary/aromatic N) is 3. The third kappa shape index (κ3) is 3.81. The summed E-state index contributed by atoms with van der Waals surface area (Å²) in [6.07, 6.45) is 2.08. The highest BCUT2D eigenvalue weighted by Crippen LogP contribution is 2.25. The Balaban J connectivity index is 1.45. The molecule has 1 aliphatic rings. The molecule has 1 fully saturated rings. The van der Waals surface area contributed by atoms with Gasteiger partial charge in [0, 0.05) is 30.0 Å². The smallest absolute Gasteiger partial charge is 0.223 e. The largest absolute Gasteiger partial charge is 0.340 e. The highest BCUT2D eigenvalue weighted by molar-refractivity contribution is 7.85. The Hall–Kier alpha value is -1.53. The molecule has 0 spiro atoms. The predicted octanol–water partition coefficient (Wildman–Crippen LogP) is 2.37. The first-order valence-corrected chi connectivity index (χ1v) is 9.00. The van der Waals surface area contributed by atoms with Gasteiger partial charge in [-0.1, -0.05) is 23.4 Å². The predicted molar refractivity (Wildman–Crippen MR) is 85.2 cm³/mol. The van der Waals surface area contributed by atoms with E-state index < -0.39 is 10.8 Å². The van der Waals surface area contributed by atoms with E-state index in [0.29, 0.717) is 17.6 Å². The SMILES string of the molecule is Cc1nc(C2CCN(CC[S@](=O)c3ccccc3)CC2)no1. The number of aromatic nitrogens is 2. The zero-order chi connectivity index (χ0) is 15.4. The normalized spacial score (nSPS) is 18.4. The van der Waals surface area contributed by atoms with Gasteiger partial charge in [0.2, 0.25) is 5.89 Å². The van der Waals surface area contributed by atoms with Crippen LogP contribution in [0.25, 0.3) is 0 Å². The molecule has 1 aromatic carbocycles. The van der Waals surface area contributed by atoms with Gasteiger partial charge in [-0.25, -0.2) is 0 Å². The van der Waals surface area contributed by atoms with Crippen LogP contribution in [0.5, 0.6) is 0 Å². The van der Waals surface area contributed by atoms with Crippen molar-refractivity contribution in [1.29, 1.82) is 0 Å². The minimum atomic E-state index is -0.908. The fourth-order valence-electron chi connectivity index (χ4n) is 2.80. The third-order valence-corrected chi connectivity index (χ3v) is 5.45. The Labute approximate surface area is 133 Å². The van der Waals surface area contributed by atoms with Crippen molar-refractivity contribution in [2.45, 2.75) is 30.6 Å². The average molecular weight is 319 g/mol. The number of piperidine rings is 1. The van der Waals surface area contributed by atoms with Crippen LogP contribution in [-0.2, 0) is 10.8 Å². The summed E-state index contributed by atoms with van der Waals surface area (Å²) in [5.41, 5.74) is 0. The van der Waals surface area contributed by atoms with Crippen molar-refractivity contribution in [2.75, 3.05) is 25.4 Å². The van der Waals surface area contributed by atoms with Crippen LogP contribution in [0.15, 0.2) is 39.8 Å². The Morgan fingerprint density at radius 2 is 2.00 bits per heavy atom. The van der Waals surface area contributed by atoms with Crippen LogP contribution in [0.3, 0.4) is 0 Å². The summed E-state index contributed by atoms with van der Waals surface area (Å²) in [7, 11) is -0.908. The van der Waals surface area contributed by atoms with Gasteiger partial charge < -0.3 is 9.42 Å². The van der Waals surface area contributed by atoms with E-state index in [1.165, 1.54) is 0 Å². The van der Waals surface area contributed by atoms with Crippen molar-refractivity contribution in [3.8, 4) is 0 Å². The van der Waals surface area contributed by atoms with Crippen molar-refractivity contribution >= 4 is 10.8 Å². The maximum atomic E-state index is 12.2. The van der Waals surface area contributed by atoms with Gasteiger partial charge in [0.1, 0.15) is 0 Å². The molecule has 22 heavy (non-hydrogen) atoms. The molecule has 2 heterocycles. The lowest BCUT2D eigenvalue weighted by Crippen LogP contribution is -2.35. The standard InChI is InChI=1S/C16H21N3O2S/c1-13-17-16(18-21-13)14-7-9-19(10-8-14)11-12-22(20)15-5-3-2-4-6-15/h2-6,14H,7-12H2,1H3/t22-/m0/s1. The monoisotopic (exact) mass is 319 g/mol. The Morgan fingerprint density at radius 1 is 1.27 bits per heavy atom. The molecular weight excluding hydrogens is 298 g/mol. The maximum Gasteiger partial charge on any atom is 0.223 e. The van der Waals surface area contributed by atoms with E-state index in [1.807, 2.05) is 37.3 Å². The molecule has 118 valence electrons. The summed E-state index contributed by atoms with van der Waals surface area (Å²) >= 11 is 0. The fraction of sp³-hybridized carbons (Fsp3) is 0.500. The lowest BCUT2D eigenvalue weighted by Gasteiger charge is -2.30. The van der Waals surface area contributed by atoms with Gasteiger partial charge >= 0.3 is 0 Å². The topological polar surface area (TPSA) is 59.2 Å². The fourth-order valence-corrected chi connectivity index (χ4v) is 3.92. The van der Waals surface area contributed by atoms with Crippen LogP contribution in [0.1, 0.15) is 30.5 Å². The molecule has 1 aliphatic heterocycles. The third-order valence-electron chi connectivity index (χ3n) is 4.10. The first kappa shape index (κ1) is 15.4. The van der Waals surface area contributed by atoms with Crippen LogP contribution in [0, 0.1) is 6.92 Å². The van der Waals surface area contributed by atoms with Crippen LogP contribution < -0.4 is 0 Å². The second kappa shape index (κ2) is 7.15. The van der Waals surface area contributed by atoms with Crippen LogP contribution in [-0.4, -0.2) is 44.6 Å². The molecule has 5 nitrogen and oxygen atoms in total. The summed E-state index contributed by atoms with van der Waals surface area (Å²) in [5, 5.41) is 4.03. The summed E-state index contributed by atoms with van der Waals surface area (Å²) in [4.78, 5) is 7.62. The van der Waals surface area contributed by atoms with Gasteiger partial charge in [0.25, 0.3) is 0 Å². The minimum absolute atomic E-state index is 0.397. The van der Waals surface area contributed by atoms with Crippen molar-refractivity contribution in [3.05, 3.63) is 42.0 Å². The van der Waals surface area contributed by atoms with Gasteiger partial charge in [-0.3, -0.25) is 4.21 Å². The zero-order valence-corrected chi connectivity index (χ0v) is 13.6. The highest BCUT2D eigenvalue weighted by Gasteiger charge is 2.24. The number of hydrogen-bond acceptors (Lipinski definition) is 5. The molecule has 2 aromatic rings. The van der Waals surface area contributed by atoms with Gasteiger partial charge in [-0.15, -0.1) is 0 Å². The summed E-state index contributed by atoms with van der Waals surface area (Å²) < 4.78 is 17.3. The second-order valence-electron chi connectivity index (χ2n) is 5.65. The number of aryl methyl sites for hydroxylation is 1. The summed E-state index contributed by atoms with van der Waals surface area (Å²) in [5.74, 6) is 2.56. The van der Waals surface area contributed by atoms with Gasteiger partial charge in [-0.05, 0) is 38.1 Å². The first-order chi connectivity index (χ1) is 10.7. The molecule has 0 amide bonds. The zero-order valence-electron chi connectivity index (χ0n) is 12.8. The molecular formula is C16H21N3O2S. The van der Waals surface area contributed by atoms with E-state index >= 15 is 0 Å². The van der Waals surface area contributed by atoms with E-state index in [2.05, 4.69) is 15.0 Å². The number of benzene rings is 1. The van der Waals surface area contributed by atoms with Crippen molar-refractivity contribution < 1.29 is 8.73 Å². The molecule has 3 rings (SSSR count). The van der Waals surface area contributed by atoms with E-state index in [9.17, 15) is 4.21 Å². The van der Waals surface area contributed by atoms with Gasteiger partial charge in [-0.2, -0.15) is 4.98 Å². The quantitative estimate of drug-likeness (QED) is 0.847. The molecule has 0 aliphatic carbocycles. The van der Waals surface area contributed by atoms with Gasteiger partial charge in [0.15, 0.2) is 5.82 Å². The Bertz CT molecular complexity index is 621. The van der Waals surface area contributed by atoms with E-state index in [-0.39, 0.29) is 0 Å². The van der Waals surface area contributed by atoms with E-state index in [4.69, 9.17) is 4.52 Å². The van der Waals surface area contributed by atoms with Crippen LogP contribution in [0.4, 0.5) is 0 Å². The molecule has 1 aromatic heterocycles. The highest BCUT2D eigenvalue weighted by atomic mass is 32.2. The lowest BCUT2D eigenvalue weighted by atomic mass is 9.96. The van der Waals surface area contributed by atoms with Crippen molar-refractivity contribution in [2.24, 2.45) is 0 Å². The maximum absolute atomic E-state index is 12.2.